The van der Waals surface area contributed by atoms with E-state index in [1.54, 1.807) is 36.7 Å². The Bertz CT molecular complexity index is 1980. The number of anilines is 1. The molecule has 15 heteroatoms. The molecule has 14 nitrogen and oxygen atoms in total. The van der Waals surface area contributed by atoms with Crippen LogP contribution >= 0.6 is 11.8 Å². The molecule has 0 bridgehead atoms. The van der Waals surface area contributed by atoms with Gasteiger partial charge in [-0.15, -0.1) is 10.2 Å². The van der Waals surface area contributed by atoms with Crippen molar-refractivity contribution in [3.05, 3.63) is 126 Å². The minimum absolute atomic E-state index is 0.0257. The van der Waals surface area contributed by atoms with Gasteiger partial charge in [0.25, 0.3) is 5.22 Å². The molecule has 3 aromatic carbocycles. The number of carbonyl (C=O) groups excluding carboxylic acids is 3. The largest absolute Gasteiger partial charge is 0.465 e. The smallest absolute Gasteiger partial charge is 0.408 e. The minimum atomic E-state index is -1.24. The number of benzene rings is 3. The van der Waals surface area contributed by atoms with E-state index < -0.39 is 48.3 Å². The van der Waals surface area contributed by atoms with E-state index in [9.17, 15) is 24.3 Å². The Balaban J connectivity index is 1.17. The third-order valence-corrected chi connectivity index (χ3v) is 9.91. The third-order valence-electron chi connectivity index (χ3n) is 9.00. The lowest BCUT2D eigenvalue weighted by molar-refractivity contribution is -0.132. The fraction of sp³-hybridized carbons (Fsp3) is 0.256. The van der Waals surface area contributed by atoms with Crippen molar-refractivity contribution in [3.63, 3.8) is 0 Å². The Labute approximate surface area is 315 Å². The average molecular weight is 751 g/mol. The zero-order valence-corrected chi connectivity index (χ0v) is 30.0. The molecule has 0 saturated carbocycles. The Morgan fingerprint density at radius 3 is 2.28 bits per heavy atom. The minimum Gasteiger partial charge on any atom is -0.465 e. The van der Waals surface area contributed by atoms with E-state index in [1.165, 1.54) is 7.11 Å². The molecule has 3 N–H and O–H groups in total. The van der Waals surface area contributed by atoms with Crippen molar-refractivity contribution in [2.24, 2.45) is 0 Å². The fourth-order valence-corrected chi connectivity index (χ4v) is 7.20. The number of hydrogen-bond donors (Lipinski definition) is 3. The quantitative estimate of drug-likeness (QED) is 0.0935. The number of rotatable bonds is 14. The number of methoxy groups -OCH3 is 1. The SMILES string of the molecule is COC(=O)N[C@H](C(=O)Nc1ccccc1CC[C@@H]1CN(C(=O)O)[C@H](C=O)[C@@H](CSc2nnc(-c3ccncc3)o2)O1)C(c1ccccc1)c1ccccc1. The first kappa shape index (κ1) is 37.7. The van der Waals surface area contributed by atoms with Crippen molar-refractivity contribution >= 4 is 41.8 Å². The molecule has 0 unspecified atom stereocenters. The van der Waals surface area contributed by atoms with Gasteiger partial charge in [0.05, 0.1) is 25.9 Å². The highest BCUT2D eigenvalue weighted by atomic mass is 32.2. The molecule has 54 heavy (non-hydrogen) atoms. The predicted molar refractivity (Wildman–Crippen MR) is 199 cm³/mol. The van der Waals surface area contributed by atoms with Gasteiger partial charge in [-0.05, 0) is 47.7 Å². The number of nitrogens with zero attached hydrogens (tertiary/aromatic N) is 4. The van der Waals surface area contributed by atoms with Crippen LogP contribution in [0.15, 0.2) is 119 Å². The molecule has 0 aliphatic carbocycles. The normalized spacial score (nSPS) is 17.4. The molecule has 0 spiro atoms. The van der Waals surface area contributed by atoms with Gasteiger partial charge in [-0.3, -0.25) is 14.7 Å². The van der Waals surface area contributed by atoms with Gasteiger partial charge in [0.1, 0.15) is 18.4 Å². The van der Waals surface area contributed by atoms with E-state index in [4.69, 9.17) is 13.9 Å². The van der Waals surface area contributed by atoms with Crippen LogP contribution in [0.1, 0.15) is 29.0 Å². The van der Waals surface area contributed by atoms with Crippen LogP contribution in [-0.4, -0.2) is 93.3 Å². The maximum absolute atomic E-state index is 14.2. The van der Waals surface area contributed by atoms with Crippen LogP contribution in [0.4, 0.5) is 15.3 Å². The molecule has 4 atom stereocenters. The predicted octanol–water partition coefficient (Wildman–Crippen LogP) is 5.67. The second-order valence-electron chi connectivity index (χ2n) is 12.4. The summed E-state index contributed by atoms with van der Waals surface area (Å²) >= 11 is 1.16. The summed E-state index contributed by atoms with van der Waals surface area (Å²) in [6.07, 6.45) is 1.19. The van der Waals surface area contributed by atoms with Gasteiger partial charge in [-0.25, -0.2) is 9.59 Å². The van der Waals surface area contributed by atoms with Gasteiger partial charge in [0.2, 0.25) is 11.8 Å². The van der Waals surface area contributed by atoms with Gasteiger partial charge >= 0.3 is 12.2 Å². The van der Waals surface area contributed by atoms with E-state index in [0.717, 1.165) is 33.4 Å². The molecule has 3 amide bonds. The number of carboxylic acid groups (broad SMARTS) is 1. The average Bonchev–Trinajstić information content (AvgIpc) is 3.69. The summed E-state index contributed by atoms with van der Waals surface area (Å²) in [6, 6.07) is 27.5. The molecular weight excluding hydrogens is 713 g/mol. The van der Waals surface area contributed by atoms with E-state index in [0.29, 0.717) is 36.3 Å². The highest BCUT2D eigenvalue weighted by Gasteiger charge is 2.40. The maximum atomic E-state index is 14.2. The van der Waals surface area contributed by atoms with Gasteiger partial charge in [-0.1, -0.05) is 90.6 Å². The van der Waals surface area contributed by atoms with Crippen LogP contribution < -0.4 is 10.6 Å². The zero-order valence-electron chi connectivity index (χ0n) is 29.2. The summed E-state index contributed by atoms with van der Waals surface area (Å²) in [7, 11) is 1.24. The molecule has 3 heterocycles. The van der Waals surface area contributed by atoms with Gasteiger partial charge in [0, 0.05) is 35.3 Å². The first-order valence-corrected chi connectivity index (χ1v) is 18.1. The van der Waals surface area contributed by atoms with E-state index in [-0.39, 0.29) is 17.5 Å². The van der Waals surface area contributed by atoms with Crippen LogP contribution in [0.25, 0.3) is 11.5 Å². The molecular formula is C39H38N6O8S. The number of hydrogen-bond acceptors (Lipinski definition) is 11. The second kappa shape index (κ2) is 18.1. The van der Waals surface area contributed by atoms with Crippen LogP contribution in [-0.2, 0) is 25.5 Å². The molecule has 1 aliphatic rings. The van der Waals surface area contributed by atoms with Crippen molar-refractivity contribution in [2.75, 3.05) is 24.7 Å². The summed E-state index contributed by atoms with van der Waals surface area (Å²) in [5, 5.41) is 24.2. The Kier molecular flexibility index (Phi) is 12.6. The monoisotopic (exact) mass is 750 g/mol. The van der Waals surface area contributed by atoms with E-state index in [1.807, 2.05) is 72.8 Å². The summed E-state index contributed by atoms with van der Waals surface area (Å²) in [5.74, 6) is -0.538. The molecule has 2 aromatic heterocycles. The number of aryl methyl sites for hydroxylation is 1. The van der Waals surface area contributed by atoms with Crippen molar-refractivity contribution in [2.45, 2.75) is 48.3 Å². The lowest BCUT2D eigenvalue weighted by Gasteiger charge is -2.41. The van der Waals surface area contributed by atoms with Gasteiger partial charge in [0.15, 0.2) is 0 Å². The number of ether oxygens (including phenoxy) is 2. The zero-order chi connectivity index (χ0) is 37.9. The topological polar surface area (TPSA) is 186 Å². The Morgan fingerprint density at radius 1 is 0.963 bits per heavy atom. The summed E-state index contributed by atoms with van der Waals surface area (Å²) in [4.78, 5) is 56.3. The molecule has 278 valence electrons. The summed E-state index contributed by atoms with van der Waals surface area (Å²) in [6.45, 7) is -0.0257. The molecule has 1 aliphatic heterocycles. The molecule has 6 rings (SSSR count). The number of alkyl carbamates (subject to hydrolysis) is 1. The van der Waals surface area contributed by atoms with Crippen LogP contribution in [0.5, 0.6) is 0 Å². The highest BCUT2D eigenvalue weighted by Crippen LogP contribution is 2.31. The standard InChI is InChI=1S/C39H38N6O8S/c1-51-37(48)42-34(33(26-11-4-2-5-12-26)27-13-6-3-7-14-27)35(47)41-30-15-9-8-10-25(30)16-17-29-22-45(39(49)50)31(23-46)32(52-29)24-54-38-44-43-36(53-38)28-18-20-40-21-19-28/h2-15,18-21,23,29,31-34H,16-17,22,24H2,1H3,(H,41,47)(H,42,48)(H,49,50)/t29-,31-,32-,34+/m1/s1. The van der Waals surface area contributed by atoms with Crippen LogP contribution in [0.3, 0.4) is 0 Å². The number of para-hydroxylation sites is 1. The van der Waals surface area contributed by atoms with Crippen molar-refractivity contribution in [1.82, 2.24) is 25.4 Å². The molecule has 0 radical (unpaired) electrons. The van der Waals surface area contributed by atoms with E-state index >= 15 is 0 Å². The second-order valence-corrected chi connectivity index (χ2v) is 13.3. The number of amides is 3. The van der Waals surface area contributed by atoms with Crippen molar-refractivity contribution < 1.29 is 38.2 Å². The van der Waals surface area contributed by atoms with Crippen molar-refractivity contribution in [1.29, 1.82) is 0 Å². The maximum Gasteiger partial charge on any atom is 0.408 e. The number of carbonyl (C=O) groups is 4. The molecule has 1 saturated heterocycles. The lowest BCUT2D eigenvalue weighted by atomic mass is 9.84. The Hall–Kier alpha value is -6.06. The fourth-order valence-electron chi connectivity index (χ4n) is 6.38. The summed E-state index contributed by atoms with van der Waals surface area (Å²) in [5.41, 5.74) is 3.62. The molecule has 5 aromatic rings. The number of nitrogens with one attached hydrogen (secondary N) is 2. The van der Waals surface area contributed by atoms with E-state index in [2.05, 4.69) is 25.8 Å². The molecule has 1 fully saturated rings. The third kappa shape index (κ3) is 9.29. The number of morpholine rings is 1. The first-order chi connectivity index (χ1) is 26.3. The summed E-state index contributed by atoms with van der Waals surface area (Å²) < 4.78 is 17.0. The van der Waals surface area contributed by atoms with Crippen molar-refractivity contribution in [3.8, 4) is 11.5 Å². The first-order valence-electron chi connectivity index (χ1n) is 17.1. The highest BCUT2D eigenvalue weighted by molar-refractivity contribution is 7.99. The lowest BCUT2D eigenvalue weighted by Crippen LogP contribution is -2.58. The number of pyridine rings is 1. The van der Waals surface area contributed by atoms with Crippen LogP contribution in [0, 0.1) is 0 Å². The Morgan fingerprint density at radius 2 is 1.63 bits per heavy atom. The number of aldehydes is 1. The van der Waals surface area contributed by atoms with Gasteiger partial charge < -0.3 is 34.4 Å². The number of aromatic nitrogens is 3. The van der Waals surface area contributed by atoms with Crippen LogP contribution in [0.2, 0.25) is 0 Å². The van der Waals surface area contributed by atoms with Gasteiger partial charge in [-0.2, -0.15) is 0 Å². The number of thioether (sulfide) groups is 1.